The Morgan fingerprint density at radius 3 is 2.32 bits per heavy atom. The zero-order chi connectivity index (χ0) is 13.7. The normalized spacial score (nSPS) is 17.9. The van der Waals surface area contributed by atoms with Crippen molar-refractivity contribution in [2.45, 2.75) is 38.1 Å². The van der Waals surface area contributed by atoms with Crippen molar-refractivity contribution in [3.05, 3.63) is 35.6 Å². The van der Waals surface area contributed by atoms with E-state index in [0.29, 0.717) is 12.0 Å². The molecule has 1 aromatic carbocycles. The minimum atomic E-state index is -0.206. The highest BCUT2D eigenvalue weighted by molar-refractivity contribution is 5.35. The van der Waals surface area contributed by atoms with E-state index in [4.69, 9.17) is 0 Å². The Labute approximate surface area is 115 Å². The molecule has 0 aromatic heterocycles. The first-order valence-corrected chi connectivity index (χ1v) is 7.10. The van der Waals surface area contributed by atoms with Crippen LogP contribution in [-0.4, -0.2) is 25.0 Å². The highest BCUT2D eigenvalue weighted by atomic mass is 19.1. The maximum absolute atomic E-state index is 12.8. The van der Waals surface area contributed by atoms with Gasteiger partial charge in [-0.2, -0.15) is 0 Å². The fraction of sp³-hybridized carbons (Fsp3) is 0.529. The largest absolute Gasteiger partial charge is 0.296 e. The lowest BCUT2D eigenvalue weighted by Crippen LogP contribution is -2.35. The number of benzene rings is 1. The summed E-state index contributed by atoms with van der Waals surface area (Å²) in [6, 6.07) is 6.74. The van der Waals surface area contributed by atoms with Gasteiger partial charge in [0.1, 0.15) is 5.82 Å². The van der Waals surface area contributed by atoms with Crippen LogP contribution in [0.2, 0.25) is 0 Å². The van der Waals surface area contributed by atoms with E-state index in [1.54, 1.807) is 12.1 Å². The summed E-state index contributed by atoms with van der Waals surface area (Å²) in [5, 5.41) is 0. The first-order valence-electron chi connectivity index (χ1n) is 7.10. The zero-order valence-electron chi connectivity index (χ0n) is 11.8. The zero-order valence-corrected chi connectivity index (χ0v) is 11.8. The van der Waals surface area contributed by atoms with E-state index in [9.17, 15) is 4.39 Å². The number of hydrogen-bond acceptors (Lipinski definition) is 1. The molecule has 1 aliphatic carbocycles. The van der Waals surface area contributed by atoms with Gasteiger partial charge in [0.05, 0.1) is 6.04 Å². The third-order valence-electron chi connectivity index (χ3n) is 3.86. The molecular weight excluding hydrogens is 237 g/mol. The second kappa shape index (κ2) is 6.73. The lowest BCUT2D eigenvalue weighted by molar-refractivity contribution is 0.214. The van der Waals surface area contributed by atoms with Crippen molar-refractivity contribution in [1.29, 1.82) is 0 Å². The van der Waals surface area contributed by atoms with Gasteiger partial charge in [-0.25, -0.2) is 4.39 Å². The highest BCUT2D eigenvalue weighted by Gasteiger charge is 2.23. The van der Waals surface area contributed by atoms with Gasteiger partial charge < -0.3 is 0 Å². The molecule has 1 saturated carbocycles. The number of hydrogen-bond donors (Lipinski definition) is 0. The van der Waals surface area contributed by atoms with Gasteiger partial charge in [-0.05, 0) is 57.1 Å². The molecule has 0 radical (unpaired) electrons. The van der Waals surface area contributed by atoms with Crippen LogP contribution in [-0.2, 0) is 0 Å². The van der Waals surface area contributed by atoms with Gasteiger partial charge in [-0.3, -0.25) is 4.90 Å². The van der Waals surface area contributed by atoms with Gasteiger partial charge >= 0.3 is 0 Å². The molecule has 0 aliphatic heterocycles. The van der Waals surface area contributed by atoms with Crippen LogP contribution in [0.3, 0.4) is 0 Å². The van der Waals surface area contributed by atoms with Crippen LogP contribution in [0.5, 0.6) is 0 Å². The standard InChI is InChI=1S/C17H22FN/c1-19(2)17(15-6-4-3-5-7-15)13-10-14-8-11-16(18)12-9-14/h8-9,11-12,15,17H,3-7H2,1-2H3. The molecule has 0 amide bonds. The van der Waals surface area contributed by atoms with Crippen molar-refractivity contribution in [2.75, 3.05) is 14.1 Å². The number of rotatable bonds is 2. The predicted molar refractivity (Wildman–Crippen MR) is 77.3 cm³/mol. The van der Waals surface area contributed by atoms with Crippen LogP contribution in [0.1, 0.15) is 37.7 Å². The summed E-state index contributed by atoms with van der Waals surface area (Å²) in [6.07, 6.45) is 6.57. The van der Waals surface area contributed by atoms with E-state index in [0.717, 1.165) is 5.56 Å². The summed E-state index contributed by atoms with van der Waals surface area (Å²) in [6.45, 7) is 0. The molecule has 2 heteroatoms. The average Bonchev–Trinajstić information content (AvgIpc) is 2.42. The highest BCUT2D eigenvalue weighted by Crippen LogP contribution is 2.28. The van der Waals surface area contributed by atoms with Crippen molar-refractivity contribution in [3.63, 3.8) is 0 Å². The Morgan fingerprint density at radius 2 is 1.74 bits per heavy atom. The van der Waals surface area contributed by atoms with E-state index in [-0.39, 0.29) is 5.82 Å². The van der Waals surface area contributed by atoms with E-state index in [1.165, 1.54) is 44.2 Å². The van der Waals surface area contributed by atoms with Crippen LogP contribution in [0.4, 0.5) is 4.39 Å². The molecule has 0 spiro atoms. The quantitative estimate of drug-likeness (QED) is 0.732. The Balaban J connectivity index is 2.10. The molecule has 1 nitrogen and oxygen atoms in total. The molecule has 1 aliphatic rings. The van der Waals surface area contributed by atoms with Crippen molar-refractivity contribution in [2.24, 2.45) is 5.92 Å². The average molecular weight is 259 g/mol. The Kier molecular flexibility index (Phi) is 4.99. The Morgan fingerprint density at radius 1 is 1.11 bits per heavy atom. The lowest BCUT2D eigenvalue weighted by atomic mass is 9.83. The molecule has 1 unspecified atom stereocenters. The van der Waals surface area contributed by atoms with Crippen LogP contribution < -0.4 is 0 Å². The molecule has 1 fully saturated rings. The van der Waals surface area contributed by atoms with Crippen LogP contribution in [0.15, 0.2) is 24.3 Å². The second-order valence-electron chi connectivity index (χ2n) is 5.58. The molecular formula is C17H22FN. The third kappa shape index (κ3) is 4.08. The summed E-state index contributed by atoms with van der Waals surface area (Å²) in [4.78, 5) is 2.21. The van der Waals surface area contributed by atoms with Gasteiger partial charge in [0, 0.05) is 5.56 Å². The topological polar surface area (TPSA) is 3.24 Å². The Hall–Kier alpha value is -1.33. The predicted octanol–water partition coefficient (Wildman–Crippen LogP) is 3.69. The SMILES string of the molecule is CN(C)C(C#Cc1ccc(F)cc1)C1CCCCC1. The van der Waals surface area contributed by atoms with E-state index < -0.39 is 0 Å². The molecule has 1 atom stereocenters. The molecule has 0 N–H and O–H groups in total. The Bertz CT molecular complexity index is 446. The van der Waals surface area contributed by atoms with E-state index in [1.807, 2.05) is 0 Å². The minimum Gasteiger partial charge on any atom is -0.296 e. The van der Waals surface area contributed by atoms with Crippen molar-refractivity contribution in [1.82, 2.24) is 4.90 Å². The molecule has 0 saturated heterocycles. The summed E-state index contributed by atoms with van der Waals surface area (Å²) in [7, 11) is 4.19. The van der Waals surface area contributed by atoms with Gasteiger partial charge in [-0.15, -0.1) is 0 Å². The van der Waals surface area contributed by atoms with Gasteiger partial charge in [0.25, 0.3) is 0 Å². The van der Waals surface area contributed by atoms with E-state index >= 15 is 0 Å². The summed E-state index contributed by atoms with van der Waals surface area (Å²) in [5.74, 6) is 7.04. The maximum atomic E-state index is 12.8. The fourth-order valence-electron chi connectivity index (χ4n) is 2.81. The molecule has 2 rings (SSSR count). The minimum absolute atomic E-state index is 0.206. The van der Waals surface area contributed by atoms with Crippen molar-refractivity contribution < 1.29 is 4.39 Å². The first kappa shape index (κ1) is 14.1. The number of halogens is 1. The smallest absolute Gasteiger partial charge is 0.123 e. The van der Waals surface area contributed by atoms with Crippen LogP contribution >= 0.6 is 0 Å². The summed E-state index contributed by atoms with van der Waals surface area (Å²) in [5.41, 5.74) is 0.893. The molecule has 19 heavy (non-hydrogen) atoms. The van der Waals surface area contributed by atoms with Gasteiger partial charge in [0.2, 0.25) is 0 Å². The first-order chi connectivity index (χ1) is 9.16. The molecule has 0 bridgehead atoms. The summed E-state index contributed by atoms with van der Waals surface area (Å²) < 4.78 is 12.8. The van der Waals surface area contributed by atoms with Crippen molar-refractivity contribution in [3.8, 4) is 11.8 Å². The molecule has 0 heterocycles. The maximum Gasteiger partial charge on any atom is 0.123 e. The van der Waals surface area contributed by atoms with Crippen molar-refractivity contribution >= 4 is 0 Å². The molecule has 102 valence electrons. The van der Waals surface area contributed by atoms with Crippen LogP contribution in [0.25, 0.3) is 0 Å². The second-order valence-corrected chi connectivity index (χ2v) is 5.58. The van der Waals surface area contributed by atoms with Gasteiger partial charge in [0.15, 0.2) is 0 Å². The van der Waals surface area contributed by atoms with Crippen LogP contribution in [0, 0.1) is 23.6 Å². The third-order valence-corrected chi connectivity index (χ3v) is 3.86. The van der Waals surface area contributed by atoms with E-state index in [2.05, 4.69) is 30.8 Å². The monoisotopic (exact) mass is 259 g/mol. The molecule has 1 aromatic rings. The lowest BCUT2D eigenvalue weighted by Gasteiger charge is -2.31. The van der Waals surface area contributed by atoms with Gasteiger partial charge in [-0.1, -0.05) is 31.1 Å². The summed E-state index contributed by atoms with van der Waals surface area (Å²) >= 11 is 0. The fourth-order valence-corrected chi connectivity index (χ4v) is 2.81. The number of nitrogens with zero attached hydrogens (tertiary/aromatic N) is 1.